The van der Waals surface area contributed by atoms with Gasteiger partial charge in [0, 0.05) is 17.4 Å². The second-order valence-corrected chi connectivity index (χ2v) is 3.31. The third-order valence-corrected chi connectivity index (χ3v) is 2.19. The van der Waals surface area contributed by atoms with E-state index in [4.69, 9.17) is 5.73 Å². The third kappa shape index (κ3) is 1.91. The van der Waals surface area contributed by atoms with Gasteiger partial charge < -0.3 is 5.73 Å². The van der Waals surface area contributed by atoms with Crippen LogP contribution in [0.4, 0.5) is 10.1 Å². The summed E-state index contributed by atoms with van der Waals surface area (Å²) in [6.45, 7) is 0. The largest absolute Gasteiger partial charge is 0.399 e. The van der Waals surface area contributed by atoms with Gasteiger partial charge in [0.25, 0.3) is 0 Å². The Morgan fingerprint density at radius 1 is 1.19 bits per heavy atom. The average Bonchev–Trinajstić information content (AvgIpc) is 2.30. The van der Waals surface area contributed by atoms with Crippen LogP contribution in [0, 0.1) is 5.82 Å². The van der Waals surface area contributed by atoms with E-state index < -0.39 is 5.82 Å². The van der Waals surface area contributed by atoms with Crippen molar-refractivity contribution in [2.45, 2.75) is 0 Å². The van der Waals surface area contributed by atoms with Crippen LogP contribution in [0.5, 0.6) is 0 Å². The van der Waals surface area contributed by atoms with Gasteiger partial charge >= 0.3 is 0 Å². The molecule has 0 atom stereocenters. The summed E-state index contributed by atoms with van der Waals surface area (Å²) in [5, 5.41) is 0. The highest BCUT2D eigenvalue weighted by Crippen LogP contribution is 2.13. The first-order valence-electron chi connectivity index (χ1n) is 4.68. The van der Waals surface area contributed by atoms with Crippen LogP contribution in [0.15, 0.2) is 42.7 Å². The summed E-state index contributed by atoms with van der Waals surface area (Å²) >= 11 is 0. The Hall–Kier alpha value is -2.23. The third-order valence-electron chi connectivity index (χ3n) is 2.19. The van der Waals surface area contributed by atoms with E-state index in [1.54, 1.807) is 24.3 Å². The topological polar surface area (TPSA) is 56.0 Å². The first-order valence-corrected chi connectivity index (χ1v) is 4.68. The van der Waals surface area contributed by atoms with Crippen LogP contribution in [0.2, 0.25) is 0 Å². The predicted octanol–water partition coefficient (Wildman–Crippen LogP) is 2.03. The van der Waals surface area contributed by atoms with Crippen LogP contribution in [-0.2, 0) is 0 Å². The van der Waals surface area contributed by atoms with Crippen LogP contribution in [-0.4, -0.2) is 10.8 Å². The van der Waals surface area contributed by atoms with E-state index in [9.17, 15) is 9.18 Å². The van der Waals surface area contributed by atoms with Crippen molar-refractivity contribution in [2.24, 2.45) is 0 Å². The fourth-order valence-electron chi connectivity index (χ4n) is 1.35. The molecule has 1 aromatic heterocycles. The first-order chi connectivity index (χ1) is 7.68. The standard InChI is InChI=1S/C12H9FN2O/c13-11-7-15-6-5-10(11)12(16)8-1-3-9(14)4-2-8/h1-7H,14H2. The van der Waals surface area contributed by atoms with Crippen molar-refractivity contribution in [2.75, 3.05) is 5.73 Å². The fraction of sp³-hybridized carbons (Fsp3) is 0. The van der Waals surface area contributed by atoms with Crippen LogP contribution in [0.25, 0.3) is 0 Å². The molecular formula is C12H9FN2O. The Kier molecular flexibility index (Phi) is 2.64. The van der Waals surface area contributed by atoms with Gasteiger partial charge in [-0.15, -0.1) is 0 Å². The number of carbonyl (C=O) groups excluding carboxylic acids is 1. The van der Waals surface area contributed by atoms with E-state index >= 15 is 0 Å². The molecule has 0 fully saturated rings. The smallest absolute Gasteiger partial charge is 0.196 e. The molecule has 0 aliphatic rings. The summed E-state index contributed by atoms with van der Waals surface area (Å²) in [6.07, 6.45) is 2.40. The fourth-order valence-corrected chi connectivity index (χ4v) is 1.35. The number of anilines is 1. The molecule has 2 N–H and O–H groups in total. The average molecular weight is 216 g/mol. The lowest BCUT2D eigenvalue weighted by Crippen LogP contribution is -2.04. The van der Waals surface area contributed by atoms with Gasteiger partial charge in [0.15, 0.2) is 11.6 Å². The number of halogens is 1. The number of ketones is 1. The zero-order chi connectivity index (χ0) is 11.5. The molecule has 0 saturated heterocycles. The minimum Gasteiger partial charge on any atom is -0.399 e. The summed E-state index contributed by atoms with van der Waals surface area (Å²) in [6, 6.07) is 7.70. The summed E-state index contributed by atoms with van der Waals surface area (Å²) in [5.74, 6) is -0.996. The quantitative estimate of drug-likeness (QED) is 0.617. The van der Waals surface area contributed by atoms with Crippen LogP contribution in [0.1, 0.15) is 15.9 Å². The van der Waals surface area contributed by atoms with Gasteiger partial charge in [-0.3, -0.25) is 9.78 Å². The van der Waals surface area contributed by atoms with Crippen molar-refractivity contribution in [3.63, 3.8) is 0 Å². The number of aromatic nitrogens is 1. The van der Waals surface area contributed by atoms with Gasteiger partial charge in [-0.2, -0.15) is 0 Å². The van der Waals surface area contributed by atoms with Gasteiger partial charge in [0.1, 0.15) is 0 Å². The number of hydrogen-bond donors (Lipinski definition) is 1. The zero-order valence-electron chi connectivity index (χ0n) is 8.35. The van der Waals surface area contributed by atoms with Gasteiger partial charge in [0.2, 0.25) is 0 Å². The molecule has 0 bridgehead atoms. The first kappa shape index (κ1) is 10.3. The van der Waals surface area contributed by atoms with E-state index in [-0.39, 0.29) is 11.3 Å². The van der Waals surface area contributed by atoms with Crippen molar-refractivity contribution in [1.82, 2.24) is 4.98 Å². The van der Waals surface area contributed by atoms with Gasteiger partial charge in [0.05, 0.1) is 11.8 Å². The SMILES string of the molecule is Nc1ccc(C(=O)c2ccncc2F)cc1. The Balaban J connectivity index is 2.40. The monoisotopic (exact) mass is 216 g/mol. The highest BCUT2D eigenvalue weighted by molar-refractivity contribution is 6.09. The molecule has 0 aliphatic carbocycles. The Morgan fingerprint density at radius 3 is 2.50 bits per heavy atom. The molecule has 0 saturated carbocycles. The maximum absolute atomic E-state index is 13.3. The minimum absolute atomic E-state index is 0.0137. The zero-order valence-corrected chi connectivity index (χ0v) is 8.35. The van der Waals surface area contributed by atoms with E-state index in [1.165, 1.54) is 12.3 Å². The lowest BCUT2D eigenvalue weighted by Gasteiger charge is -2.02. The van der Waals surface area contributed by atoms with E-state index in [2.05, 4.69) is 4.98 Å². The Morgan fingerprint density at radius 2 is 1.88 bits per heavy atom. The maximum atomic E-state index is 13.3. The summed E-state index contributed by atoms with van der Waals surface area (Å²) in [5.41, 5.74) is 6.48. The lowest BCUT2D eigenvalue weighted by molar-refractivity contribution is 0.103. The number of benzene rings is 1. The molecule has 16 heavy (non-hydrogen) atoms. The predicted molar refractivity (Wildman–Crippen MR) is 58.5 cm³/mol. The van der Waals surface area contributed by atoms with E-state index in [1.807, 2.05) is 0 Å². The molecule has 80 valence electrons. The highest BCUT2D eigenvalue weighted by atomic mass is 19.1. The molecule has 0 spiro atoms. The molecule has 2 aromatic rings. The second kappa shape index (κ2) is 4.10. The van der Waals surface area contributed by atoms with Gasteiger partial charge in [-0.25, -0.2) is 4.39 Å². The highest BCUT2D eigenvalue weighted by Gasteiger charge is 2.13. The van der Waals surface area contributed by atoms with Gasteiger partial charge in [-0.1, -0.05) is 0 Å². The number of rotatable bonds is 2. The molecule has 3 nitrogen and oxygen atoms in total. The number of carbonyl (C=O) groups is 1. The number of nitrogens with two attached hydrogens (primary N) is 1. The summed E-state index contributed by atoms with van der Waals surface area (Å²) in [7, 11) is 0. The number of nitrogen functional groups attached to an aromatic ring is 1. The molecule has 0 unspecified atom stereocenters. The molecule has 2 rings (SSSR count). The van der Waals surface area contributed by atoms with Crippen LogP contribution in [0.3, 0.4) is 0 Å². The normalized spacial score (nSPS) is 10.1. The van der Waals surface area contributed by atoms with Crippen molar-refractivity contribution in [3.05, 3.63) is 59.7 Å². The minimum atomic E-state index is -0.621. The Bertz CT molecular complexity index is 523. The number of hydrogen-bond acceptors (Lipinski definition) is 3. The number of pyridine rings is 1. The molecule has 0 radical (unpaired) electrons. The van der Waals surface area contributed by atoms with Crippen molar-refractivity contribution in [3.8, 4) is 0 Å². The second-order valence-electron chi connectivity index (χ2n) is 3.31. The molecule has 0 amide bonds. The van der Waals surface area contributed by atoms with Crippen molar-refractivity contribution >= 4 is 11.5 Å². The Labute approximate surface area is 91.7 Å². The molecule has 1 heterocycles. The number of nitrogens with zero attached hydrogens (tertiary/aromatic N) is 1. The van der Waals surface area contributed by atoms with Crippen molar-refractivity contribution < 1.29 is 9.18 Å². The molecule has 0 aliphatic heterocycles. The van der Waals surface area contributed by atoms with Gasteiger partial charge in [-0.05, 0) is 30.3 Å². The lowest BCUT2D eigenvalue weighted by atomic mass is 10.0. The molecular weight excluding hydrogens is 207 g/mol. The molecule has 4 heteroatoms. The molecule has 1 aromatic carbocycles. The van der Waals surface area contributed by atoms with E-state index in [0.29, 0.717) is 11.3 Å². The summed E-state index contributed by atoms with van der Waals surface area (Å²) < 4.78 is 13.3. The summed E-state index contributed by atoms with van der Waals surface area (Å²) in [4.78, 5) is 15.5. The maximum Gasteiger partial charge on any atom is 0.196 e. The van der Waals surface area contributed by atoms with E-state index in [0.717, 1.165) is 6.20 Å². The van der Waals surface area contributed by atoms with Crippen LogP contribution < -0.4 is 5.73 Å². The van der Waals surface area contributed by atoms with Crippen molar-refractivity contribution in [1.29, 1.82) is 0 Å². The van der Waals surface area contributed by atoms with Crippen LogP contribution >= 0.6 is 0 Å².